The highest BCUT2D eigenvalue weighted by Gasteiger charge is 1.99. The molecule has 0 aliphatic heterocycles. The minimum absolute atomic E-state index is 0.453. The van der Waals surface area contributed by atoms with E-state index in [4.69, 9.17) is 24.4 Å². The molecule has 17 heavy (non-hydrogen) atoms. The van der Waals surface area contributed by atoms with Gasteiger partial charge < -0.3 is 10.2 Å². The fraction of sp³-hybridized carbons (Fsp3) is 0.556. The van der Waals surface area contributed by atoms with Crippen LogP contribution in [0.1, 0.15) is 13.8 Å². The standard InChI is InChI=1S/C9H18N6S2/c1-6(11-13-8(16)10-3)7(2)12-14-9(17)15(4)5/h1-5H3,(H,14,17)(H2,10,13,16)/b11-6+,12-7+. The minimum Gasteiger partial charge on any atom is -0.364 e. The minimum atomic E-state index is 0.453. The van der Waals surface area contributed by atoms with Crippen molar-refractivity contribution in [2.24, 2.45) is 10.2 Å². The van der Waals surface area contributed by atoms with Gasteiger partial charge >= 0.3 is 0 Å². The van der Waals surface area contributed by atoms with Crippen LogP contribution in [-0.2, 0) is 0 Å². The zero-order chi connectivity index (χ0) is 13.4. The Morgan fingerprint density at radius 3 is 1.88 bits per heavy atom. The first kappa shape index (κ1) is 15.7. The Labute approximate surface area is 113 Å². The number of nitrogens with one attached hydrogen (secondary N) is 3. The van der Waals surface area contributed by atoms with Crippen LogP contribution in [0.3, 0.4) is 0 Å². The van der Waals surface area contributed by atoms with E-state index >= 15 is 0 Å². The molecule has 0 saturated carbocycles. The van der Waals surface area contributed by atoms with Gasteiger partial charge in [-0.05, 0) is 38.3 Å². The third-order valence-corrected chi connectivity index (χ3v) is 2.55. The summed E-state index contributed by atoms with van der Waals surface area (Å²) < 4.78 is 0. The summed E-state index contributed by atoms with van der Waals surface area (Å²) in [6.07, 6.45) is 0. The van der Waals surface area contributed by atoms with E-state index in [1.807, 2.05) is 27.9 Å². The predicted octanol–water partition coefficient (Wildman–Crippen LogP) is 0.268. The Morgan fingerprint density at radius 2 is 1.47 bits per heavy atom. The molecule has 0 fully saturated rings. The molecule has 8 heteroatoms. The van der Waals surface area contributed by atoms with Crippen molar-refractivity contribution in [1.29, 1.82) is 0 Å². The van der Waals surface area contributed by atoms with Gasteiger partial charge in [0, 0.05) is 21.1 Å². The van der Waals surface area contributed by atoms with Crippen molar-refractivity contribution in [3.63, 3.8) is 0 Å². The zero-order valence-electron chi connectivity index (χ0n) is 10.7. The average Bonchev–Trinajstić information content (AvgIpc) is 2.31. The van der Waals surface area contributed by atoms with Crippen molar-refractivity contribution in [3.8, 4) is 0 Å². The van der Waals surface area contributed by atoms with Crippen LogP contribution in [0.5, 0.6) is 0 Å². The van der Waals surface area contributed by atoms with Crippen LogP contribution in [0.4, 0.5) is 0 Å². The number of rotatable bonds is 3. The van der Waals surface area contributed by atoms with E-state index in [1.165, 1.54) is 0 Å². The van der Waals surface area contributed by atoms with Gasteiger partial charge in [0.1, 0.15) is 0 Å². The van der Waals surface area contributed by atoms with Gasteiger partial charge in [0.05, 0.1) is 11.4 Å². The fourth-order valence-corrected chi connectivity index (χ4v) is 0.675. The summed E-state index contributed by atoms with van der Waals surface area (Å²) in [5.74, 6) is 0. The van der Waals surface area contributed by atoms with Gasteiger partial charge in [0.25, 0.3) is 0 Å². The largest absolute Gasteiger partial charge is 0.364 e. The molecule has 6 nitrogen and oxygen atoms in total. The van der Waals surface area contributed by atoms with Crippen molar-refractivity contribution in [2.75, 3.05) is 21.1 Å². The molecule has 0 aromatic heterocycles. The average molecular weight is 274 g/mol. The molecule has 0 amide bonds. The van der Waals surface area contributed by atoms with Gasteiger partial charge in [-0.25, -0.2) is 0 Å². The van der Waals surface area contributed by atoms with E-state index in [9.17, 15) is 0 Å². The molecule has 0 saturated heterocycles. The van der Waals surface area contributed by atoms with E-state index in [0.29, 0.717) is 10.2 Å². The fourth-order valence-electron chi connectivity index (χ4n) is 0.584. The highest BCUT2D eigenvalue weighted by Crippen LogP contribution is 1.84. The SMILES string of the molecule is CNC(=S)N/N=C(C)/C(C)=N/NC(=S)N(C)C. The molecule has 0 rings (SSSR count). The summed E-state index contributed by atoms with van der Waals surface area (Å²) in [7, 11) is 5.40. The number of hydrogen-bond donors (Lipinski definition) is 3. The molecule has 0 aromatic rings. The zero-order valence-corrected chi connectivity index (χ0v) is 12.3. The van der Waals surface area contributed by atoms with Crippen molar-refractivity contribution < 1.29 is 0 Å². The van der Waals surface area contributed by atoms with Gasteiger partial charge in [-0.2, -0.15) is 10.2 Å². The summed E-state index contributed by atoms with van der Waals surface area (Å²) in [6.45, 7) is 3.65. The predicted molar refractivity (Wildman–Crippen MR) is 80.4 cm³/mol. The third-order valence-electron chi connectivity index (χ3n) is 1.80. The van der Waals surface area contributed by atoms with Crippen molar-refractivity contribution in [1.82, 2.24) is 21.1 Å². The maximum Gasteiger partial charge on any atom is 0.189 e. The molecule has 0 radical (unpaired) electrons. The third kappa shape index (κ3) is 6.80. The lowest BCUT2D eigenvalue weighted by Gasteiger charge is -2.12. The molecule has 0 atom stereocenters. The van der Waals surface area contributed by atoms with Crippen LogP contribution in [0.15, 0.2) is 10.2 Å². The molecule has 0 aliphatic carbocycles. The first-order valence-corrected chi connectivity index (χ1v) is 5.74. The highest BCUT2D eigenvalue weighted by molar-refractivity contribution is 7.80. The van der Waals surface area contributed by atoms with E-state index in [0.717, 1.165) is 11.4 Å². The van der Waals surface area contributed by atoms with E-state index < -0.39 is 0 Å². The molecule has 0 heterocycles. The van der Waals surface area contributed by atoms with Crippen LogP contribution < -0.4 is 16.2 Å². The Kier molecular flexibility index (Phi) is 7.31. The van der Waals surface area contributed by atoms with Crippen LogP contribution >= 0.6 is 24.4 Å². The Balaban J connectivity index is 4.38. The molecule has 0 spiro atoms. The summed E-state index contributed by atoms with van der Waals surface area (Å²) in [6, 6.07) is 0. The lowest BCUT2D eigenvalue weighted by atomic mass is 10.3. The maximum absolute atomic E-state index is 5.03. The molecular formula is C9H18N6S2. The first-order valence-electron chi connectivity index (χ1n) is 4.92. The summed E-state index contributed by atoms with van der Waals surface area (Å²) >= 11 is 9.92. The Morgan fingerprint density at radius 1 is 1.00 bits per heavy atom. The number of hydrogen-bond acceptors (Lipinski definition) is 4. The van der Waals surface area contributed by atoms with Crippen LogP contribution in [-0.4, -0.2) is 47.7 Å². The molecule has 0 aliphatic rings. The van der Waals surface area contributed by atoms with Gasteiger partial charge in [-0.1, -0.05) is 0 Å². The Hall–Kier alpha value is -1.28. The monoisotopic (exact) mass is 274 g/mol. The topological polar surface area (TPSA) is 64.0 Å². The summed E-state index contributed by atoms with van der Waals surface area (Å²) in [5.41, 5.74) is 6.87. The molecule has 0 aromatic carbocycles. The summed E-state index contributed by atoms with van der Waals surface area (Å²) in [5, 5.41) is 11.9. The lowest BCUT2D eigenvalue weighted by Crippen LogP contribution is -2.32. The molecule has 3 N–H and O–H groups in total. The second-order valence-electron chi connectivity index (χ2n) is 3.40. The quantitative estimate of drug-likeness (QED) is 0.390. The second kappa shape index (κ2) is 7.91. The van der Waals surface area contributed by atoms with Crippen molar-refractivity contribution in [2.45, 2.75) is 13.8 Å². The molecule has 0 bridgehead atoms. The van der Waals surface area contributed by atoms with Crippen LogP contribution in [0, 0.1) is 0 Å². The van der Waals surface area contributed by atoms with Crippen molar-refractivity contribution in [3.05, 3.63) is 0 Å². The van der Waals surface area contributed by atoms with Gasteiger partial charge in [-0.3, -0.25) is 10.9 Å². The molecular weight excluding hydrogens is 256 g/mol. The maximum atomic E-state index is 5.03. The first-order chi connectivity index (χ1) is 7.88. The van der Waals surface area contributed by atoms with Gasteiger partial charge in [0.15, 0.2) is 10.2 Å². The number of hydrazone groups is 2. The van der Waals surface area contributed by atoms with Gasteiger partial charge in [-0.15, -0.1) is 0 Å². The van der Waals surface area contributed by atoms with E-state index in [-0.39, 0.29) is 0 Å². The number of thiocarbonyl (C=S) groups is 2. The molecule has 0 unspecified atom stereocenters. The smallest absolute Gasteiger partial charge is 0.189 e. The van der Waals surface area contributed by atoms with Gasteiger partial charge in [0.2, 0.25) is 0 Å². The molecule has 96 valence electrons. The van der Waals surface area contributed by atoms with E-state index in [2.05, 4.69) is 26.4 Å². The number of nitrogens with zero attached hydrogens (tertiary/aromatic N) is 3. The Bertz CT molecular complexity index is 347. The highest BCUT2D eigenvalue weighted by atomic mass is 32.1. The van der Waals surface area contributed by atoms with Crippen LogP contribution in [0.25, 0.3) is 0 Å². The lowest BCUT2D eigenvalue weighted by molar-refractivity contribution is 0.606. The normalized spacial score (nSPS) is 11.8. The van der Waals surface area contributed by atoms with Crippen LogP contribution in [0.2, 0.25) is 0 Å². The second-order valence-corrected chi connectivity index (χ2v) is 4.19. The summed E-state index contributed by atoms with van der Waals surface area (Å²) in [4.78, 5) is 1.76. The van der Waals surface area contributed by atoms with Crippen molar-refractivity contribution >= 4 is 46.1 Å². The van der Waals surface area contributed by atoms with E-state index in [1.54, 1.807) is 11.9 Å².